The van der Waals surface area contributed by atoms with Crippen LogP contribution in [0.15, 0.2) is 103 Å². The minimum Gasteiger partial charge on any atom is -0.459 e. The maximum Gasteiger partial charge on any atom is 0.286 e. The van der Waals surface area contributed by atoms with Crippen molar-refractivity contribution in [1.82, 2.24) is 5.32 Å². The molecule has 0 aromatic heterocycles. The van der Waals surface area contributed by atoms with E-state index in [2.05, 4.69) is 47.8 Å². The van der Waals surface area contributed by atoms with Crippen LogP contribution in [0.3, 0.4) is 0 Å². The van der Waals surface area contributed by atoms with Crippen molar-refractivity contribution in [2.24, 2.45) is 0 Å². The molecule has 2 atom stereocenters. The Bertz CT molecular complexity index is 1550. The van der Waals surface area contributed by atoms with E-state index in [4.69, 9.17) is 9.47 Å². The Labute approximate surface area is 232 Å². The normalized spacial score (nSPS) is 17.4. The molecule has 1 aliphatic carbocycles. The summed E-state index contributed by atoms with van der Waals surface area (Å²) in [5.74, 6) is -0.524. The molecule has 1 amide bonds. The number of ether oxygens (including phenoxy) is 2. The topological polar surface area (TPSA) is 67.8 Å². The van der Waals surface area contributed by atoms with Crippen LogP contribution in [0, 0.1) is 5.82 Å². The first kappa shape index (κ1) is 26.0. The summed E-state index contributed by atoms with van der Waals surface area (Å²) in [6.07, 6.45) is 2.69. The van der Waals surface area contributed by atoms with Crippen LogP contribution in [0.2, 0.25) is 0 Å². The van der Waals surface area contributed by atoms with Gasteiger partial charge in [-0.2, -0.15) is 0 Å². The summed E-state index contributed by atoms with van der Waals surface area (Å²) in [5, 5.41) is 12.2. The minimum atomic E-state index is -0.626. The molecule has 1 heterocycles. The van der Waals surface area contributed by atoms with Crippen LogP contribution in [0.25, 0.3) is 11.1 Å². The first-order valence-corrected chi connectivity index (χ1v) is 13.5. The molecule has 6 heteroatoms. The van der Waals surface area contributed by atoms with Gasteiger partial charge < -0.3 is 19.9 Å². The van der Waals surface area contributed by atoms with E-state index in [1.165, 1.54) is 39.9 Å². The van der Waals surface area contributed by atoms with E-state index in [9.17, 15) is 14.3 Å². The fraction of sp³-hybridized carbons (Fsp3) is 0.206. The molecule has 0 saturated carbocycles. The zero-order valence-electron chi connectivity index (χ0n) is 22.0. The van der Waals surface area contributed by atoms with Gasteiger partial charge in [-0.25, -0.2) is 4.39 Å². The molecular weight excluding hydrogens is 505 g/mol. The minimum absolute atomic E-state index is 0.0129. The number of amides is 1. The number of nitrogens with one attached hydrogen (secondary N) is 1. The van der Waals surface area contributed by atoms with Crippen molar-refractivity contribution >= 4 is 5.91 Å². The molecule has 202 valence electrons. The highest BCUT2D eigenvalue weighted by Crippen LogP contribution is 2.43. The number of halogens is 1. The standard InChI is InChI=1S/C34H30FNO4/c35-27-14-12-22(13-15-27)19-36-34(38)32-17-26(18-33(40-32)39-21-24-10-8-23(20-37)9-11-24)29-6-3-7-30-28-5-2-1-4-25(28)16-31(29)30/h1-15,17,26,33,37H,16,18-21H2,(H,36,38)/t26-,33+/m1/s1. The number of rotatable bonds is 8. The maximum atomic E-state index is 13.3. The second kappa shape index (κ2) is 11.5. The molecule has 0 spiro atoms. The van der Waals surface area contributed by atoms with E-state index in [1.807, 2.05) is 30.3 Å². The fourth-order valence-corrected chi connectivity index (χ4v) is 5.47. The van der Waals surface area contributed by atoms with Gasteiger partial charge in [0.2, 0.25) is 6.29 Å². The van der Waals surface area contributed by atoms with Crippen LogP contribution < -0.4 is 5.32 Å². The van der Waals surface area contributed by atoms with Crippen LogP contribution in [-0.2, 0) is 40.4 Å². The van der Waals surface area contributed by atoms with E-state index >= 15 is 0 Å². The summed E-state index contributed by atoms with van der Waals surface area (Å²) in [5.41, 5.74) is 8.81. The Morgan fingerprint density at radius 3 is 2.42 bits per heavy atom. The number of allylic oxidation sites excluding steroid dienone is 1. The van der Waals surface area contributed by atoms with E-state index in [0.29, 0.717) is 13.0 Å². The maximum absolute atomic E-state index is 13.3. The van der Waals surface area contributed by atoms with Crippen molar-refractivity contribution in [2.75, 3.05) is 0 Å². The van der Waals surface area contributed by atoms with E-state index in [1.54, 1.807) is 12.1 Å². The molecule has 1 aliphatic heterocycles. The molecule has 0 bridgehead atoms. The number of aliphatic hydroxyl groups excluding tert-OH is 1. The van der Waals surface area contributed by atoms with Gasteiger partial charge in [-0.15, -0.1) is 0 Å². The van der Waals surface area contributed by atoms with Gasteiger partial charge >= 0.3 is 0 Å². The Balaban J connectivity index is 1.25. The predicted molar refractivity (Wildman–Crippen MR) is 150 cm³/mol. The first-order chi connectivity index (χ1) is 19.6. The summed E-state index contributed by atoms with van der Waals surface area (Å²) in [4.78, 5) is 13.3. The Kier molecular flexibility index (Phi) is 7.45. The Morgan fingerprint density at radius 2 is 1.62 bits per heavy atom. The number of carbonyl (C=O) groups excluding carboxylic acids is 1. The fourth-order valence-electron chi connectivity index (χ4n) is 5.47. The lowest BCUT2D eigenvalue weighted by Crippen LogP contribution is -2.32. The highest BCUT2D eigenvalue weighted by atomic mass is 19.1. The van der Waals surface area contributed by atoms with Gasteiger partial charge in [-0.05, 0) is 69.1 Å². The average molecular weight is 536 g/mol. The summed E-state index contributed by atoms with van der Waals surface area (Å²) < 4.78 is 25.6. The summed E-state index contributed by atoms with van der Waals surface area (Å²) >= 11 is 0. The van der Waals surface area contributed by atoms with Gasteiger partial charge in [-0.3, -0.25) is 4.79 Å². The molecule has 2 aliphatic rings. The molecule has 2 N–H and O–H groups in total. The lowest BCUT2D eigenvalue weighted by molar-refractivity contribution is -0.150. The highest BCUT2D eigenvalue weighted by molar-refractivity contribution is 5.91. The number of benzene rings is 4. The van der Waals surface area contributed by atoms with Gasteiger partial charge in [0.15, 0.2) is 5.76 Å². The second-order valence-corrected chi connectivity index (χ2v) is 10.2. The van der Waals surface area contributed by atoms with Crippen LogP contribution in [0.5, 0.6) is 0 Å². The molecule has 0 radical (unpaired) electrons. The van der Waals surface area contributed by atoms with Crippen molar-refractivity contribution in [1.29, 1.82) is 0 Å². The number of fused-ring (bicyclic) bond motifs is 3. The smallest absolute Gasteiger partial charge is 0.286 e. The van der Waals surface area contributed by atoms with Crippen LogP contribution in [0.1, 0.15) is 45.7 Å². The predicted octanol–water partition coefficient (Wildman–Crippen LogP) is 6.14. The highest BCUT2D eigenvalue weighted by Gasteiger charge is 2.32. The number of carbonyl (C=O) groups is 1. The SMILES string of the molecule is O=C(NCc1ccc(F)cc1)C1=C[C@@H](c2cccc3c2Cc2ccccc2-3)C[C@@H](OCc2ccc(CO)cc2)O1. The van der Waals surface area contributed by atoms with E-state index in [-0.39, 0.29) is 36.6 Å². The van der Waals surface area contributed by atoms with Crippen molar-refractivity contribution in [3.8, 4) is 11.1 Å². The molecule has 0 saturated heterocycles. The Morgan fingerprint density at radius 1 is 0.900 bits per heavy atom. The quantitative estimate of drug-likeness (QED) is 0.251. The summed E-state index contributed by atoms with van der Waals surface area (Å²) in [6, 6.07) is 28.4. The van der Waals surface area contributed by atoms with Gasteiger partial charge in [0.25, 0.3) is 5.91 Å². The van der Waals surface area contributed by atoms with Gasteiger partial charge in [-0.1, -0.05) is 78.9 Å². The molecule has 40 heavy (non-hydrogen) atoms. The third-order valence-corrected chi connectivity index (χ3v) is 7.58. The van der Waals surface area contributed by atoms with E-state index in [0.717, 1.165) is 23.1 Å². The molecule has 6 rings (SSSR count). The molecule has 4 aromatic rings. The monoisotopic (exact) mass is 535 g/mol. The van der Waals surface area contributed by atoms with Crippen molar-refractivity contribution in [2.45, 2.75) is 44.8 Å². The van der Waals surface area contributed by atoms with Gasteiger partial charge in [0.1, 0.15) is 5.82 Å². The van der Waals surface area contributed by atoms with Crippen molar-refractivity contribution < 1.29 is 23.8 Å². The van der Waals surface area contributed by atoms with Crippen molar-refractivity contribution in [3.05, 3.63) is 142 Å². The third-order valence-electron chi connectivity index (χ3n) is 7.58. The number of hydrogen-bond acceptors (Lipinski definition) is 4. The second-order valence-electron chi connectivity index (χ2n) is 10.2. The molecule has 4 aromatic carbocycles. The zero-order valence-corrected chi connectivity index (χ0v) is 22.0. The third kappa shape index (κ3) is 5.55. The average Bonchev–Trinajstić information content (AvgIpc) is 3.38. The molecular formula is C34H30FNO4. The summed E-state index contributed by atoms with van der Waals surface area (Å²) in [6.45, 7) is 0.552. The van der Waals surface area contributed by atoms with Gasteiger partial charge in [0, 0.05) is 18.9 Å². The molecule has 5 nitrogen and oxygen atoms in total. The van der Waals surface area contributed by atoms with Crippen LogP contribution >= 0.6 is 0 Å². The molecule has 0 fully saturated rings. The molecule has 0 unspecified atom stereocenters. The number of aliphatic hydroxyl groups is 1. The van der Waals surface area contributed by atoms with E-state index < -0.39 is 6.29 Å². The van der Waals surface area contributed by atoms with Gasteiger partial charge in [0.05, 0.1) is 13.2 Å². The summed E-state index contributed by atoms with van der Waals surface area (Å²) in [7, 11) is 0. The van der Waals surface area contributed by atoms with Crippen molar-refractivity contribution in [3.63, 3.8) is 0 Å². The largest absolute Gasteiger partial charge is 0.459 e. The lowest BCUT2D eigenvalue weighted by Gasteiger charge is -2.30. The van der Waals surface area contributed by atoms with Crippen LogP contribution in [-0.4, -0.2) is 17.3 Å². The number of hydrogen-bond donors (Lipinski definition) is 2. The zero-order chi connectivity index (χ0) is 27.5. The Hall–Kier alpha value is -4.26. The first-order valence-electron chi connectivity index (χ1n) is 13.5. The lowest BCUT2D eigenvalue weighted by atomic mass is 9.87. The van der Waals surface area contributed by atoms with Crippen LogP contribution in [0.4, 0.5) is 4.39 Å².